The first-order chi connectivity index (χ1) is 8.56. The summed E-state index contributed by atoms with van der Waals surface area (Å²) in [6.45, 7) is 3.75. The van der Waals surface area contributed by atoms with E-state index in [0.717, 1.165) is 11.0 Å². The quantitative estimate of drug-likeness (QED) is 0.468. The number of carbonyl (C=O) groups is 2. The highest BCUT2D eigenvalue weighted by Crippen LogP contribution is 2.32. The highest BCUT2D eigenvalue weighted by molar-refractivity contribution is 6.52. The van der Waals surface area contributed by atoms with Gasteiger partial charge in [-0.1, -0.05) is 6.08 Å². The van der Waals surface area contributed by atoms with Crippen molar-refractivity contribution in [2.45, 2.75) is 12.8 Å². The van der Waals surface area contributed by atoms with Crippen molar-refractivity contribution in [1.82, 2.24) is 0 Å². The molecule has 1 aliphatic rings. The molecular weight excluding hydrogens is 240 g/mol. The summed E-state index contributed by atoms with van der Waals surface area (Å²) < 4.78 is 26.7. The molecule has 0 aromatic heterocycles. The second kappa shape index (κ2) is 4.68. The van der Waals surface area contributed by atoms with Crippen molar-refractivity contribution < 1.29 is 18.4 Å². The molecule has 94 valence electrons. The van der Waals surface area contributed by atoms with Crippen molar-refractivity contribution in [3.8, 4) is 0 Å². The summed E-state index contributed by atoms with van der Waals surface area (Å²) in [6, 6.07) is 1.57. The first-order valence-electron chi connectivity index (χ1n) is 5.52. The standard InChI is InChI=1S/C13H11F2NO2/c1-2-3-4-5-16-11-9(12(17)13(16)18)6-8(14)7-10(11)15/h2,6-7H,1,3-5H2. The zero-order chi connectivity index (χ0) is 13.3. The third-order valence-corrected chi connectivity index (χ3v) is 2.77. The number of benzene rings is 1. The summed E-state index contributed by atoms with van der Waals surface area (Å²) in [4.78, 5) is 24.3. The molecular formula is C13H11F2NO2. The minimum Gasteiger partial charge on any atom is -0.302 e. The minimum atomic E-state index is -0.886. The van der Waals surface area contributed by atoms with Crippen LogP contribution in [0.1, 0.15) is 23.2 Å². The molecule has 1 aromatic rings. The van der Waals surface area contributed by atoms with Crippen molar-refractivity contribution in [1.29, 1.82) is 0 Å². The van der Waals surface area contributed by atoms with Gasteiger partial charge in [-0.05, 0) is 18.9 Å². The zero-order valence-electron chi connectivity index (χ0n) is 9.58. The smallest absolute Gasteiger partial charge is 0.299 e. The molecule has 1 aliphatic heterocycles. The van der Waals surface area contributed by atoms with E-state index in [4.69, 9.17) is 0 Å². The van der Waals surface area contributed by atoms with Crippen LogP contribution in [-0.2, 0) is 4.79 Å². The number of hydrogen-bond donors (Lipinski definition) is 0. The largest absolute Gasteiger partial charge is 0.302 e. The number of fused-ring (bicyclic) bond motifs is 1. The Morgan fingerprint density at radius 1 is 1.28 bits per heavy atom. The summed E-state index contributed by atoms with van der Waals surface area (Å²) in [7, 11) is 0. The lowest BCUT2D eigenvalue weighted by molar-refractivity contribution is -0.114. The highest BCUT2D eigenvalue weighted by atomic mass is 19.1. The van der Waals surface area contributed by atoms with E-state index in [-0.39, 0.29) is 17.8 Å². The van der Waals surface area contributed by atoms with Gasteiger partial charge in [0.1, 0.15) is 5.82 Å². The molecule has 0 radical (unpaired) electrons. The highest BCUT2D eigenvalue weighted by Gasteiger charge is 2.38. The Morgan fingerprint density at radius 2 is 2.00 bits per heavy atom. The van der Waals surface area contributed by atoms with Gasteiger partial charge in [-0.25, -0.2) is 8.78 Å². The normalized spacial score (nSPS) is 14.0. The van der Waals surface area contributed by atoms with Crippen LogP contribution in [0, 0.1) is 11.6 Å². The number of rotatable bonds is 4. The van der Waals surface area contributed by atoms with E-state index in [9.17, 15) is 18.4 Å². The summed E-state index contributed by atoms with van der Waals surface area (Å²) in [5, 5.41) is 0. The van der Waals surface area contributed by atoms with Crippen molar-refractivity contribution in [2.24, 2.45) is 0 Å². The SMILES string of the molecule is C=CCCCN1C(=O)C(=O)c2cc(F)cc(F)c21. The van der Waals surface area contributed by atoms with Crippen LogP contribution in [0.15, 0.2) is 24.8 Å². The average Bonchev–Trinajstić information content (AvgIpc) is 2.55. The molecule has 18 heavy (non-hydrogen) atoms. The van der Waals surface area contributed by atoms with Gasteiger partial charge < -0.3 is 4.90 Å². The molecule has 0 bridgehead atoms. The summed E-state index contributed by atoms with van der Waals surface area (Å²) in [5.74, 6) is -3.41. The predicted octanol–water partition coefficient (Wildman–Crippen LogP) is 2.46. The lowest BCUT2D eigenvalue weighted by Gasteiger charge is -2.16. The third-order valence-electron chi connectivity index (χ3n) is 2.77. The van der Waals surface area contributed by atoms with E-state index in [1.165, 1.54) is 0 Å². The lowest BCUT2D eigenvalue weighted by Crippen LogP contribution is -2.31. The number of amides is 1. The predicted molar refractivity (Wildman–Crippen MR) is 62.5 cm³/mol. The first kappa shape index (κ1) is 12.4. The van der Waals surface area contributed by atoms with E-state index < -0.39 is 23.3 Å². The Bertz CT molecular complexity index is 540. The molecule has 2 rings (SSSR count). The summed E-state index contributed by atoms with van der Waals surface area (Å²) in [5.41, 5.74) is -0.313. The average molecular weight is 251 g/mol. The van der Waals surface area contributed by atoms with Crippen molar-refractivity contribution in [3.63, 3.8) is 0 Å². The first-order valence-corrected chi connectivity index (χ1v) is 5.52. The number of allylic oxidation sites excluding steroid dienone is 1. The molecule has 0 atom stereocenters. The fourth-order valence-electron chi connectivity index (χ4n) is 1.96. The Labute approximate surface area is 103 Å². The van der Waals surface area contributed by atoms with E-state index in [0.29, 0.717) is 18.9 Å². The van der Waals surface area contributed by atoms with Gasteiger partial charge in [0.25, 0.3) is 11.7 Å². The fraction of sp³-hybridized carbons (Fsp3) is 0.231. The van der Waals surface area contributed by atoms with Gasteiger partial charge in [0, 0.05) is 12.6 Å². The maximum atomic E-state index is 13.7. The van der Waals surface area contributed by atoms with Gasteiger partial charge in [0.15, 0.2) is 5.82 Å². The Balaban J connectivity index is 2.38. The Morgan fingerprint density at radius 3 is 2.67 bits per heavy atom. The number of anilines is 1. The lowest BCUT2D eigenvalue weighted by atomic mass is 10.1. The fourth-order valence-corrected chi connectivity index (χ4v) is 1.96. The van der Waals surface area contributed by atoms with Gasteiger partial charge in [0.05, 0.1) is 11.3 Å². The van der Waals surface area contributed by atoms with Crippen molar-refractivity contribution in [3.05, 3.63) is 42.0 Å². The van der Waals surface area contributed by atoms with Crippen LogP contribution in [0.2, 0.25) is 0 Å². The van der Waals surface area contributed by atoms with Gasteiger partial charge in [-0.15, -0.1) is 6.58 Å². The molecule has 1 amide bonds. The summed E-state index contributed by atoms with van der Waals surface area (Å²) in [6.07, 6.45) is 2.89. The second-order valence-electron chi connectivity index (χ2n) is 4.00. The van der Waals surface area contributed by atoms with Crippen LogP contribution in [0.25, 0.3) is 0 Å². The van der Waals surface area contributed by atoms with Crippen molar-refractivity contribution in [2.75, 3.05) is 11.4 Å². The van der Waals surface area contributed by atoms with Crippen LogP contribution in [-0.4, -0.2) is 18.2 Å². The number of hydrogen-bond acceptors (Lipinski definition) is 2. The number of carbonyl (C=O) groups excluding carboxylic acids is 2. The van der Waals surface area contributed by atoms with E-state index in [2.05, 4.69) is 6.58 Å². The molecule has 0 spiro atoms. The van der Waals surface area contributed by atoms with Crippen LogP contribution in [0.4, 0.5) is 14.5 Å². The van der Waals surface area contributed by atoms with Gasteiger partial charge in [-0.3, -0.25) is 9.59 Å². The Kier molecular flexibility index (Phi) is 3.23. The molecule has 0 fully saturated rings. The zero-order valence-corrected chi connectivity index (χ0v) is 9.58. The minimum absolute atomic E-state index is 0.115. The number of Topliss-reactive ketones (excluding diaryl/α,β-unsaturated/α-hetero) is 1. The number of nitrogens with zero attached hydrogens (tertiary/aromatic N) is 1. The molecule has 0 saturated carbocycles. The van der Waals surface area contributed by atoms with E-state index in [1.807, 2.05) is 0 Å². The Hall–Kier alpha value is -2.04. The number of unbranched alkanes of at least 4 members (excludes halogenated alkanes) is 1. The monoisotopic (exact) mass is 251 g/mol. The second-order valence-corrected chi connectivity index (χ2v) is 4.00. The molecule has 3 nitrogen and oxygen atoms in total. The topological polar surface area (TPSA) is 37.4 Å². The molecule has 5 heteroatoms. The molecule has 1 aromatic carbocycles. The molecule has 0 N–H and O–H groups in total. The van der Waals surface area contributed by atoms with Crippen LogP contribution in [0.5, 0.6) is 0 Å². The molecule has 0 unspecified atom stereocenters. The number of halogens is 2. The maximum absolute atomic E-state index is 13.7. The van der Waals surface area contributed by atoms with E-state index >= 15 is 0 Å². The summed E-state index contributed by atoms with van der Waals surface area (Å²) >= 11 is 0. The van der Waals surface area contributed by atoms with Gasteiger partial charge >= 0.3 is 0 Å². The molecule has 0 aliphatic carbocycles. The van der Waals surface area contributed by atoms with Crippen LogP contribution in [0.3, 0.4) is 0 Å². The maximum Gasteiger partial charge on any atom is 0.299 e. The van der Waals surface area contributed by atoms with Gasteiger partial charge in [0.2, 0.25) is 0 Å². The molecule has 1 heterocycles. The third kappa shape index (κ3) is 1.92. The molecule has 0 saturated heterocycles. The van der Waals surface area contributed by atoms with Crippen LogP contribution < -0.4 is 4.90 Å². The van der Waals surface area contributed by atoms with Crippen LogP contribution >= 0.6 is 0 Å². The van der Waals surface area contributed by atoms with E-state index in [1.54, 1.807) is 6.08 Å². The van der Waals surface area contributed by atoms with Gasteiger partial charge in [-0.2, -0.15) is 0 Å². The number of ketones is 1. The van der Waals surface area contributed by atoms with Crippen molar-refractivity contribution >= 4 is 17.4 Å².